The zero-order valence-corrected chi connectivity index (χ0v) is 18.2. The molecule has 1 amide bonds. The van der Waals surface area contributed by atoms with E-state index in [4.69, 9.17) is 4.74 Å². The maximum Gasteiger partial charge on any atom is 0.332 e. The second kappa shape index (κ2) is 8.70. The summed E-state index contributed by atoms with van der Waals surface area (Å²) in [7, 11) is 4.52. The summed E-state index contributed by atoms with van der Waals surface area (Å²) in [6.07, 6.45) is 0. The van der Waals surface area contributed by atoms with Gasteiger partial charge >= 0.3 is 5.69 Å². The number of carbonyl (C=O) groups excluding carboxylic acids is 1. The molecule has 1 aromatic carbocycles. The number of hydrogen-bond acceptors (Lipinski definition) is 7. The summed E-state index contributed by atoms with van der Waals surface area (Å²) in [4.78, 5) is 46.4. The van der Waals surface area contributed by atoms with Crippen LogP contribution in [-0.4, -0.2) is 37.9 Å². The van der Waals surface area contributed by atoms with Crippen LogP contribution >= 0.6 is 11.8 Å². The molecule has 3 rings (SSSR count). The Bertz CT molecular complexity index is 1230. The van der Waals surface area contributed by atoms with Crippen molar-refractivity contribution >= 4 is 34.4 Å². The van der Waals surface area contributed by atoms with Crippen LogP contribution in [0.1, 0.15) is 25.6 Å². The highest BCUT2D eigenvalue weighted by Crippen LogP contribution is 2.25. The van der Waals surface area contributed by atoms with Crippen LogP contribution in [-0.2, 0) is 18.9 Å². The summed E-state index contributed by atoms with van der Waals surface area (Å²) in [5.74, 6) is 0.897. The van der Waals surface area contributed by atoms with Gasteiger partial charge in [-0.25, -0.2) is 14.8 Å². The lowest BCUT2D eigenvalue weighted by Gasteiger charge is -2.13. The Labute approximate surface area is 177 Å². The first-order chi connectivity index (χ1) is 14.2. The number of aryl methyl sites for hydroxylation is 1. The highest BCUT2D eigenvalue weighted by Gasteiger charge is 2.19. The number of nitrogens with one attached hydrogen (secondary N) is 1. The number of benzene rings is 1. The van der Waals surface area contributed by atoms with Crippen molar-refractivity contribution in [3.05, 3.63) is 50.9 Å². The fourth-order valence-corrected chi connectivity index (χ4v) is 3.66. The van der Waals surface area contributed by atoms with Gasteiger partial charge in [-0.15, -0.1) is 0 Å². The number of anilines is 1. The molecule has 0 spiro atoms. The lowest BCUT2D eigenvalue weighted by Crippen LogP contribution is -2.38. The molecule has 158 valence electrons. The smallest absolute Gasteiger partial charge is 0.332 e. The van der Waals surface area contributed by atoms with Gasteiger partial charge < -0.3 is 10.1 Å². The Balaban J connectivity index is 1.95. The predicted molar refractivity (Wildman–Crippen MR) is 116 cm³/mol. The molecule has 0 fully saturated rings. The molecule has 0 radical (unpaired) electrons. The summed E-state index contributed by atoms with van der Waals surface area (Å²) in [6.45, 7) is 3.84. The molecule has 0 saturated carbocycles. The van der Waals surface area contributed by atoms with Gasteiger partial charge in [0, 0.05) is 31.8 Å². The van der Waals surface area contributed by atoms with Crippen molar-refractivity contribution in [3.8, 4) is 5.75 Å². The molecule has 1 N–H and O–H groups in total. The number of carbonyl (C=O) groups is 1. The SMILES string of the molecule is COc1cccc(NC(=O)CSc2nc(C(C)C)nc3c2c(=O)n(C)c(=O)n3C)c1. The number of methoxy groups -OCH3 is 1. The molecule has 0 bridgehead atoms. The Hall–Kier alpha value is -3.14. The third kappa shape index (κ3) is 4.23. The Kier molecular flexibility index (Phi) is 6.25. The Morgan fingerprint density at radius 3 is 2.60 bits per heavy atom. The third-order valence-corrected chi connectivity index (χ3v) is 5.47. The van der Waals surface area contributed by atoms with Crippen LogP contribution < -0.4 is 21.3 Å². The number of amides is 1. The van der Waals surface area contributed by atoms with Crippen LogP contribution in [0.4, 0.5) is 5.69 Å². The number of fused-ring (bicyclic) bond motifs is 1. The number of ether oxygens (including phenoxy) is 1. The minimum Gasteiger partial charge on any atom is -0.497 e. The molecule has 3 aromatic rings. The van der Waals surface area contributed by atoms with E-state index in [1.165, 1.54) is 11.6 Å². The number of nitrogens with zero attached hydrogens (tertiary/aromatic N) is 4. The molecule has 10 heteroatoms. The molecule has 2 aromatic heterocycles. The monoisotopic (exact) mass is 429 g/mol. The van der Waals surface area contributed by atoms with Crippen molar-refractivity contribution in [2.45, 2.75) is 24.8 Å². The fourth-order valence-electron chi connectivity index (χ4n) is 2.84. The van der Waals surface area contributed by atoms with Gasteiger partial charge in [0.1, 0.15) is 22.0 Å². The van der Waals surface area contributed by atoms with Gasteiger partial charge in [-0.1, -0.05) is 31.7 Å². The number of thioether (sulfide) groups is 1. The van der Waals surface area contributed by atoms with E-state index in [2.05, 4.69) is 15.3 Å². The first kappa shape index (κ1) is 21.6. The van der Waals surface area contributed by atoms with Crippen LogP contribution in [0.5, 0.6) is 5.75 Å². The maximum atomic E-state index is 12.8. The molecular weight excluding hydrogens is 406 g/mol. The topological polar surface area (TPSA) is 108 Å². The van der Waals surface area contributed by atoms with E-state index in [1.807, 2.05) is 13.8 Å². The van der Waals surface area contributed by atoms with Crippen molar-refractivity contribution in [1.29, 1.82) is 0 Å². The van der Waals surface area contributed by atoms with Gasteiger partial charge in [-0.3, -0.25) is 18.7 Å². The summed E-state index contributed by atoms with van der Waals surface area (Å²) < 4.78 is 7.50. The molecular formula is C20H23N5O4S. The second-order valence-corrected chi connectivity index (χ2v) is 7.98. The largest absolute Gasteiger partial charge is 0.497 e. The molecule has 0 unspecified atom stereocenters. The first-order valence-corrected chi connectivity index (χ1v) is 10.3. The predicted octanol–water partition coefficient (Wildman–Crippen LogP) is 1.89. The van der Waals surface area contributed by atoms with Crippen LogP contribution in [0.15, 0.2) is 38.9 Å². The van der Waals surface area contributed by atoms with E-state index >= 15 is 0 Å². The molecule has 30 heavy (non-hydrogen) atoms. The summed E-state index contributed by atoms with van der Waals surface area (Å²) >= 11 is 1.13. The van der Waals surface area contributed by atoms with Crippen LogP contribution in [0.3, 0.4) is 0 Å². The molecule has 2 heterocycles. The van der Waals surface area contributed by atoms with Gasteiger partial charge in [0.15, 0.2) is 5.65 Å². The van der Waals surface area contributed by atoms with Crippen molar-refractivity contribution < 1.29 is 9.53 Å². The summed E-state index contributed by atoms with van der Waals surface area (Å²) in [5, 5.41) is 3.40. The molecule has 0 aliphatic heterocycles. The van der Waals surface area contributed by atoms with Gasteiger partial charge in [-0.2, -0.15) is 0 Å². The van der Waals surface area contributed by atoms with Crippen molar-refractivity contribution in [2.24, 2.45) is 14.1 Å². The quantitative estimate of drug-likeness (QED) is 0.471. The highest BCUT2D eigenvalue weighted by atomic mass is 32.2. The third-order valence-electron chi connectivity index (χ3n) is 4.49. The van der Waals surface area contributed by atoms with Crippen LogP contribution in [0.2, 0.25) is 0 Å². The maximum absolute atomic E-state index is 12.8. The van der Waals surface area contributed by atoms with E-state index in [1.54, 1.807) is 38.4 Å². The fraction of sp³-hybridized carbons (Fsp3) is 0.350. The number of aromatic nitrogens is 4. The van der Waals surface area contributed by atoms with Gasteiger partial charge in [0.25, 0.3) is 5.56 Å². The van der Waals surface area contributed by atoms with E-state index in [-0.39, 0.29) is 28.6 Å². The summed E-state index contributed by atoms with van der Waals surface area (Å²) in [5.41, 5.74) is -0.0853. The van der Waals surface area contributed by atoms with Crippen molar-refractivity contribution in [1.82, 2.24) is 19.1 Å². The minimum absolute atomic E-state index is 0.0153. The van der Waals surface area contributed by atoms with Gasteiger partial charge in [0.2, 0.25) is 5.91 Å². The summed E-state index contributed by atoms with van der Waals surface area (Å²) in [6, 6.07) is 7.03. The highest BCUT2D eigenvalue weighted by molar-refractivity contribution is 8.00. The standard InChI is InChI=1S/C20H23N5O4S/c1-11(2)16-22-17-15(19(27)25(4)20(28)24(17)3)18(23-16)30-10-14(26)21-12-7-6-8-13(9-12)29-5/h6-9,11H,10H2,1-5H3,(H,21,26). The van der Waals surface area contributed by atoms with E-state index in [0.29, 0.717) is 22.3 Å². The number of rotatable bonds is 6. The zero-order valence-electron chi connectivity index (χ0n) is 17.4. The minimum atomic E-state index is -0.487. The van der Waals surface area contributed by atoms with Gasteiger partial charge in [-0.05, 0) is 12.1 Å². The molecule has 0 aliphatic rings. The zero-order chi connectivity index (χ0) is 22.0. The van der Waals surface area contributed by atoms with E-state index < -0.39 is 11.2 Å². The lowest BCUT2D eigenvalue weighted by atomic mass is 10.2. The van der Waals surface area contributed by atoms with Crippen LogP contribution in [0, 0.1) is 0 Å². The Morgan fingerprint density at radius 1 is 1.20 bits per heavy atom. The number of hydrogen-bond donors (Lipinski definition) is 1. The first-order valence-electron chi connectivity index (χ1n) is 9.27. The van der Waals surface area contributed by atoms with Crippen molar-refractivity contribution in [2.75, 3.05) is 18.2 Å². The molecule has 9 nitrogen and oxygen atoms in total. The normalized spacial score (nSPS) is 11.1. The molecule has 0 atom stereocenters. The van der Waals surface area contributed by atoms with Crippen molar-refractivity contribution in [3.63, 3.8) is 0 Å². The lowest BCUT2D eigenvalue weighted by molar-refractivity contribution is -0.113. The average Bonchev–Trinajstić information content (AvgIpc) is 2.74. The van der Waals surface area contributed by atoms with E-state index in [9.17, 15) is 14.4 Å². The van der Waals surface area contributed by atoms with Crippen LogP contribution in [0.25, 0.3) is 11.0 Å². The van der Waals surface area contributed by atoms with E-state index in [0.717, 1.165) is 16.3 Å². The second-order valence-electron chi connectivity index (χ2n) is 7.01. The molecule has 0 aliphatic carbocycles. The molecule has 0 saturated heterocycles. The van der Waals surface area contributed by atoms with Gasteiger partial charge in [0.05, 0.1) is 12.9 Å². The Morgan fingerprint density at radius 2 is 1.93 bits per heavy atom. The average molecular weight is 430 g/mol.